The lowest BCUT2D eigenvalue weighted by Crippen LogP contribution is -2.46. The molecule has 2 amide bonds. The molecular formula is C21H29N3O4S2. The molecule has 0 aliphatic carbocycles. The molecule has 0 aromatic heterocycles. The summed E-state index contributed by atoms with van der Waals surface area (Å²) in [6.07, 6.45) is 3.20. The van der Waals surface area contributed by atoms with Crippen molar-refractivity contribution in [3.63, 3.8) is 0 Å². The average molecular weight is 452 g/mol. The van der Waals surface area contributed by atoms with Crippen LogP contribution in [-0.4, -0.2) is 60.9 Å². The first-order valence-corrected chi connectivity index (χ1v) is 13.0. The average Bonchev–Trinajstić information content (AvgIpc) is 2.74. The zero-order chi connectivity index (χ0) is 21.5. The van der Waals surface area contributed by atoms with Crippen LogP contribution in [0.4, 0.5) is 5.69 Å². The number of benzene rings is 1. The zero-order valence-electron chi connectivity index (χ0n) is 17.5. The largest absolute Gasteiger partial charge is 0.342 e. The fraction of sp³-hybridized carbons (Fsp3) is 0.619. The number of nitrogens with zero attached hydrogens (tertiary/aromatic N) is 2. The molecule has 3 aliphatic heterocycles. The van der Waals surface area contributed by atoms with Crippen LogP contribution in [0, 0.1) is 11.8 Å². The van der Waals surface area contributed by atoms with Crippen LogP contribution in [0.5, 0.6) is 0 Å². The van der Waals surface area contributed by atoms with E-state index in [2.05, 4.69) is 12.2 Å². The van der Waals surface area contributed by atoms with Crippen LogP contribution >= 0.6 is 11.8 Å². The van der Waals surface area contributed by atoms with Gasteiger partial charge >= 0.3 is 0 Å². The summed E-state index contributed by atoms with van der Waals surface area (Å²) in [6.45, 7) is 6.36. The van der Waals surface area contributed by atoms with Crippen molar-refractivity contribution in [1.29, 1.82) is 0 Å². The monoisotopic (exact) mass is 451 g/mol. The quantitative estimate of drug-likeness (QED) is 0.764. The van der Waals surface area contributed by atoms with Gasteiger partial charge in [0.2, 0.25) is 21.8 Å². The van der Waals surface area contributed by atoms with E-state index in [-0.39, 0.29) is 27.9 Å². The number of carbonyl (C=O) groups excluding carboxylic acids is 2. The SMILES string of the molecule is CC1CCN(C(=O)C2CCN(S(=O)(=O)c3ccc4c(c3)NC(=O)[C@H](C)S4)CC2)CC1. The smallest absolute Gasteiger partial charge is 0.243 e. The van der Waals surface area contributed by atoms with Gasteiger partial charge in [0, 0.05) is 37.0 Å². The minimum Gasteiger partial charge on any atom is -0.342 e. The number of likely N-dealkylation sites (tertiary alicyclic amines) is 1. The number of piperidine rings is 2. The molecule has 1 aromatic rings. The van der Waals surface area contributed by atoms with Crippen LogP contribution in [0.25, 0.3) is 0 Å². The van der Waals surface area contributed by atoms with Crippen molar-refractivity contribution in [2.75, 3.05) is 31.5 Å². The predicted octanol–water partition coefficient (Wildman–Crippen LogP) is 2.78. The number of hydrogen-bond donors (Lipinski definition) is 1. The van der Waals surface area contributed by atoms with Gasteiger partial charge in [0.1, 0.15) is 0 Å². The highest BCUT2D eigenvalue weighted by Gasteiger charge is 2.35. The standard InChI is InChI=1S/C21H29N3O4S2/c1-14-5-9-23(10-6-14)21(26)16-7-11-24(12-8-16)30(27,28)17-3-4-19-18(13-17)22-20(25)15(2)29-19/h3-4,13-16H,5-12H2,1-2H3,(H,22,25)/t15-/m0/s1. The van der Waals surface area contributed by atoms with E-state index in [0.29, 0.717) is 37.5 Å². The van der Waals surface area contributed by atoms with E-state index >= 15 is 0 Å². The topological polar surface area (TPSA) is 86.8 Å². The molecule has 7 nitrogen and oxygen atoms in total. The molecule has 2 fully saturated rings. The summed E-state index contributed by atoms with van der Waals surface area (Å²) >= 11 is 1.43. The summed E-state index contributed by atoms with van der Waals surface area (Å²) in [5.74, 6) is 0.643. The molecule has 0 unspecified atom stereocenters. The van der Waals surface area contributed by atoms with Gasteiger partial charge in [-0.1, -0.05) is 6.92 Å². The summed E-state index contributed by atoms with van der Waals surface area (Å²) in [7, 11) is -3.66. The third-order valence-electron chi connectivity index (χ3n) is 6.42. The second-order valence-corrected chi connectivity index (χ2v) is 11.9. The molecule has 3 heterocycles. The lowest BCUT2D eigenvalue weighted by Gasteiger charge is -2.36. The van der Waals surface area contributed by atoms with Gasteiger partial charge in [0.15, 0.2) is 0 Å². The number of carbonyl (C=O) groups is 2. The number of fused-ring (bicyclic) bond motifs is 1. The Morgan fingerprint density at radius 2 is 1.73 bits per heavy atom. The molecule has 164 valence electrons. The fourth-order valence-corrected chi connectivity index (χ4v) is 6.75. The van der Waals surface area contributed by atoms with Crippen molar-refractivity contribution < 1.29 is 18.0 Å². The summed E-state index contributed by atoms with van der Waals surface area (Å²) < 4.78 is 27.8. The molecule has 1 atom stereocenters. The number of rotatable bonds is 3. The molecule has 4 rings (SSSR count). The van der Waals surface area contributed by atoms with E-state index in [1.165, 1.54) is 16.1 Å². The number of nitrogens with one attached hydrogen (secondary N) is 1. The van der Waals surface area contributed by atoms with Crippen LogP contribution in [0.3, 0.4) is 0 Å². The van der Waals surface area contributed by atoms with Crippen LogP contribution in [-0.2, 0) is 19.6 Å². The summed E-state index contributed by atoms with van der Waals surface area (Å²) in [5, 5.41) is 2.60. The Hall–Kier alpha value is -1.58. The van der Waals surface area contributed by atoms with E-state index in [4.69, 9.17) is 0 Å². The first-order chi connectivity index (χ1) is 14.3. The Kier molecular flexibility index (Phi) is 6.14. The molecule has 2 saturated heterocycles. The minimum atomic E-state index is -3.66. The highest BCUT2D eigenvalue weighted by Crippen LogP contribution is 2.37. The Morgan fingerprint density at radius 3 is 2.40 bits per heavy atom. The molecule has 9 heteroatoms. The van der Waals surface area contributed by atoms with Crippen molar-refractivity contribution in [2.24, 2.45) is 11.8 Å². The second kappa shape index (κ2) is 8.51. The first-order valence-electron chi connectivity index (χ1n) is 10.7. The molecular weight excluding hydrogens is 422 g/mol. The maximum Gasteiger partial charge on any atom is 0.243 e. The van der Waals surface area contributed by atoms with Crippen LogP contribution in [0.2, 0.25) is 0 Å². The van der Waals surface area contributed by atoms with Gasteiger partial charge in [-0.2, -0.15) is 4.31 Å². The Labute approximate surface area is 182 Å². The van der Waals surface area contributed by atoms with Crippen molar-refractivity contribution in [2.45, 2.75) is 54.6 Å². The number of sulfonamides is 1. The normalized spacial score (nSPS) is 24.4. The maximum absolute atomic E-state index is 13.1. The van der Waals surface area contributed by atoms with Gasteiger partial charge in [0.25, 0.3) is 0 Å². The van der Waals surface area contributed by atoms with Gasteiger partial charge < -0.3 is 10.2 Å². The molecule has 0 saturated carbocycles. The van der Waals surface area contributed by atoms with Gasteiger partial charge in [-0.25, -0.2) is 8.42 Å². The highest BCUT2D eigenvalue weighted by atomic mass is 32.2. The fourth-order valence-electron chi connectivity index (χ4n) is 4.33. The van der Waals surface area contributed by atoms with E-state index in [0.717, 1.165) is 30.8 Å². The Morgan fingerprint density at radius 1 is 1.07 bits per heavy atom. The van der Waals surface area contributed by atoms with Crippen molar-refractivity contribution in [3.8, 4) is 0 Å². The van der Waals surface area contributed by atoms with Crippen molar-refractivity contribution in [3.05, 3.63) is 18.2 Å². The molecule has 3 aliphatic rings. The lowest BCUT2D eigenvalue weighted by molar-refractivity contribution is -0.138. The molecule has 1 aromatic carbocycles. The minimum absolute atomic E-state index is 0.0921. The van der Waals surface area contributed by atoms with E-state index in [9.17, 15) is 18.0 Å². The van der Waals surface area contributed by atoms with Gasteiger partial charge in [0.05, 0.1) is 15.8 Å². The first kappa shape index (κ1) is 21.6. The van der Waals surface area contributed by atoms with Crippen LogP contribution in [0.15, 0.2) is 28.0 Å². The lowest BCUT2D eigenvalue weighted by atomic mass is 9.93. The maximum atomic E-state index is 13.1. The Balaban J connectivity index is 1.41. The third kappa shape index (κ3) is 4.24. The molecule has 0 bridgehead atoms. The van der Waals surface area contributed by atoms with Crippen LogP contribution in [0.1, 0.15) is 39.5 Å². The van der Waals surface area contributed by atoms with E-state index < -0.39 is 10.0 Å². The zero-order valence-corrected chi connectivity index (χ0v) is 19.1. The predicted molar refractivity (Wildman–Crippen MR) is 117 cm³/mol. The molecule has 0 radical (unpaired) electrons. The number of thioether (sulfide) groups is 1. The molecule has 1 N–H and O–H groups in total. The second-order valence-electron chi connectivity index (χ2n) is 8.59. The third-order valence-corrected chi connectivity index (χ3v) is 9.49. The van der Waals surface area contributed by atoms with Gasteiger partial charge in [-0.3, -0.25) is 9.59 Å². The summed E-state index contributed by atoms with van der Waals surface area (Å²) in [4.78, 5) is 27.8. The van der Waals surface area contributed by atoms with Gasteiger partial charge in [-0.05, 0) is 56.7 Å². The highest BCUT2D eigenvalue weighted by molar-refractivity contribution is 8.01. The summed E-state index contributed by atoms with van der Waals surface area (Å²) in [6, 6.07) is 4.92. The number of amides is 2. The Bertz CT molecular complexity index is 934. The van der Waals surface area contributed by atoms with E-state index in [1.807, 2.05) is 11.8 Å². The molecule has 0 spiro atoms. The van der Waals surface area contributed by atoms with Crippen LogP contribution < -0.4 is 5.32 Å². The molecule has 30 heavy (non-hydrogen) atoms. The van der Waals surface area contributed by atoms with Crippen molar-refractivity contribution in [1.82, 2.24) is 9.21 Å². The summed E-state index contributed by atoms with van der Waals surface area (Å²) in [5.41, 5.74) is 0.550. The number of anilines is 1. The van der Waals surface area contributed by atoms with Gasteiger partial charge in [-0.15, -0.1) is 11.8 Å². The van der Waals surface area contributed by atoms with E-state index in [1.54, 1.807) is 18.2 Å². The van der Waals surface area contributed by atoms with Crippen molar-refractivity contribution >= 4 is 39.3 Å². The number of hydrogen-bond acceptors (Lipinski definition) is 5.